The Morgan fingerprint density at radius 3 is 2.45 bits per heavy atom. The average molecular weight is 319 g/mol. The second kappa shape index (κ2) is 5.30. The molecule has 0 fully saturated rings. The Morgan fingerprint density at radius 1 is 1.09 bits per heavy atom. The van der Waals surface area contributed by atoms with E-state index in [4.69, 9.17) is 9.05 Å². The average Bonchev–Trinajstić information content (AvgIpc) is 3.06. The normalized spacial score (nSPS) is 11.5. The second-order valence-electron chi connectivity index (χ2n) is 4.69. The van der Waals surface area contributed by atoms with Crippen molar-refractivity contribution in [2.45, 2.75) is 18.7 Å². The van der Waals surface area contributed by atoms with Gasteiger partial charge in [-0.15, -0.1) is 0 Å². The Morgan fingerprint density at radius 2 is 1.82 bits per heavy atom. The number of nitrogens with zero attached hydrogens (tertiary/aromatic N) is 2. The van der Waals surface area contributed by atoms with E-state index in [9.17, 15) is 8.42 Å². The molecule has 3 aromatic rings. The third-order valence-corrected chi connectivity index (χ3v) is 4.69. The van der Waals surface area contributed by atoms with Gasteiger partial charge in [0.25, 0.3) is 10.0 Å². The minimum absolute atomic E-state index is 0.00270. The van der Waals surface area contributed by atoms with Crippen LogP contribution in [-0.2, 0) is 10.0 Å². The standard InChI is InChI=1S/C14H13N3O4S/c1-9-13(10(2)20-16-9)22(18,19)17-14-12(8-15-21-14)11-6-4-3-5-7-11/h3-8,17H,1-2H3. The molecule has 22 heavy (non-hydrogen) atoms. The molecule has 114 valence electrons. The van der Waals surface area contributed by atoms with Crippen LogP contribution in [0, 0.1) is 13.8 Å². The molecule has 7 nitrogen and oxygen atoms in total. The molecule has 0 amide bonds. The van der Waals surface area contributed by atoms with Crippen molar-refractivity contribution in [2.75, 3.05) is 4.72 Å². The Hall–Kier alpha value is -2.61. The molecule has 0 aliphatic heterocycles. The minimum atomic E-state index is -3.87. The highest BCUT2D eigenvalue weighted by molar-refractivity contribution is 7.92. The van der Waals surface area contributed by atoms with Gasteiger partial charge in [0.2, 0.25) is 5.88 Å². The van der Waals surface area contributed by atoms with Gasteiger partial charge in [0, 0.05) is 0 Å². The summed E-state index contributed by atoms with van der Waals surface area (Å²) in [6, 6.07) is 9.22. The third kappa shape index (κ3) is 2.48. The van der Waals surface area contributed by atoms with Gasteiger partial charge in [0.15, 0.2) is 10.7 Å². The number of hydrogen-bond acceptors (Lipinski definition) is 6. The van der Waals surface area contributed by atoms with Crippen LogP contribution in [0.2, 0.25) is 0 Å². The number of aryl methyl sites for hydroxylation is 2. The van der Waals surface area contributed by atoms with Gasteiger partial charge in [0.1, 0.15) is 5.69 Å². The lowest BCUT2D eigenvalue weighted by atomic mass is 10.1. The summed E-state index contributed by atoms with van der Waals surface area (Å²) < 4.78 is 37.3. The van der Waals surface area contributed by atoms with Gasteiger partial charge < -0.3 is 9.05 Å². The number of sulfonamides is 1. The second-order valence-corrected chi connectivity index (χ2v) is 6.31. The van der Waals surface area contributed by atoms with E-state index in [1.807, 2.05) is 30.3 Å². The summed E-state index contributed by atoms with van der Waals surface area (Å²) in [4.78, 5) is 0.00270. The van der Waals surface area contributed by atoms with Gasteiger partial charge in [-0.25, -0.2) is 13.1 Å². The summed E-state index contributed by atoms with van der Waals surface area (Å²) in [6.45, 7) is 3.09. The number of aromatic nitrogens is 2. The van der Waals surface area contributed by atoms with E-state index in [1.54, 1.807) is 6.92 Å². The quantitative estimate of drug-likeness (QED) is 0.794. The van der Waals surface area contributed by atoms with Crippen molar-refractivity contribution in [1.82, 2.24) is 10.3 Å². The van der Waals surface area contributed by atoms with E-state index < -0.39 is 10.0 Å². The van der Waals surface area contributed by atoms with E-state index in [1.165, 1.54) is 13.1 Å². The highest BCUT2D eigenvalue weighted by Gasteiger charge is 2.26. The van der Waals surface area contributed by atoms with Crippen LogP contribution in [0.15, 0.2) is 50.5 Å². The Kier molecular flexibility index (Phi) is 3.45. The zero-order valence-electron chi connectivity index (χ0n) is 11.9. The Balaban J connectivity index is 2.00. The first-order valence-electron chi connectivity index (χ1n) is 6.45. The molecule has 8 heteroatoms. The lowest BCUT2D eigenvalue weighted by Crippen LogP contribution is -2.14. The fourth-order valence-electron chi connectivity index (χ4n) is 2.17. The molecule has 1 N–H and O–H groups in total. The van der Waals surface area contributed by atoms with Crippen LogP contribution < -0.4 is 4.72 Å². The molecule has 0 bridgehead atoms. The predicted octanol–water partition coefficient (Wildman–Crippen LogP) is 2.75. The molecule has 0 atom stereocenters. The Labute approximate surface area is 127 Å². The first kappa shape index (κ1) is 14.3. The van der Waals surface area contributed by atoms with Crippen LogP contribution in [0.4, 0.5) is 5.88 Å². The fraction of sp³-hybridized carbons (Fsp3) is 0.143. The van der Waals surface area contributed by atoms with Gasteiger partial charge in [-0.05, 0) is 19.4 Å². The molecule has 1 aromatic carbocycles. The van der Waals surface area contributed by atoms with E-state index in [-0.39, 0.29) is 22.2 Å². The SMILES string of the molecule is Cc1noc(C)c1S(=O)(=O)Nc1oncc1-c1ccccc1. The van der Waals surface area contributed by atoms with Gasteiger partial charge in [-0.2, -0.15) is 0 Å². The molecule has 0 aliphatic carbocycles. The van der Waals surface area contributed by atoms with Crippen molar-refractivity contribution in [3.63, 3.8) is 0 Å². The van der Waals surface area contributed by atoms with Crippen LogP contribution in [0.1, 0.15) is 11.5 Å². The first-order valence-corrected chi connectivity index (χ1v) is 7.93. The minimum Gasteiger partial charge on any atom is -0.360 e. The van der Waals surface area contributed by atoms with Crippen LogP contribution in [0.25, 0.3) is 11.1 Å². The molecule has 0 saturated carbocycles. The molecule has 3 rings (SSSR count). The molecule has 0 spiro atoms. The maximum absolute atomic E-state index is 12.5. The molecule has 0 unspecified atom stereocenters. The number of hydrogen-bond donors (Lipinski definition) is 1. The lowest BCUT2D eigenvalue weighted by molar-refractivity contribution is 0.390. The largest absolute Gasteiger partial charge is 0.360 e. The van der Waals surface area contributed by atoms with E-state index >= 15 is 0 Å². The topological polar surface area (TPSA) is 98.2 Å². The van der Waals surface area contributed by atoms with Crippen LogP contribution in [0.3, 0.4) is 0 Å². The summed E-state index contributed by atoms with van der Waals surface area (Å²) in [5.41, 5.74) is 1.63. The van der Waals surface area contributed by atoms with Crippen molar-refractivity contribution < 1.29 is 17.5 Å². The molecule has 0 aliphatic rings. The van der Waals surface area contributed by atoms with Crippen molar-refractivity contribution in [3.05, 3.63) is 48.0 Å². The van der Waals surface area contributed by atoms with Crippen molar-refractivity contribution in [1.29, 1.82) is 0 Å². The molecule has 0 saturated heterocycles. The highest BCUT2D eigenvalue weighted by atomic mass is 32.2. The highest BCUT2D eigenvalue weighted by Crippen LogP contribution is 2.30. The van der Waals surface area contributed by atoms with E-state index in [0.29, 0.717) is 5.56 Å². The summed E-state index contributed by atoms with van der Waals surface area (Å²) in [5, 5.41) is 7.32. The monoisotopic (exact) mass is 319 g/mol. The van der Waals surface area contributed by atoms with E-state index in [0.717, 1.165) is 5.56 Å². The molecule has 0 radical (unpaired) electrons. The van der Waals surface area contributed by atoms with Crippen LogP contribution in [-0.4, -0.2) is 18.7 Å². The van der Waals surface area contributed by atoms with Gasteiger partial charge in [-0.1, -0.05) is 40.6 Å². The number of anilines is 1. The first-order chi connectivity index (χ1) is 10.5. The van der Waals surface area contributed by atoms with Gasteiger partial charge >= 0.3 is 0 Å². The van der Waals surface area contributed by atoms with Gasteiger partial charge in [-0.3, -0.25) is 0 Å². The summed E-state index contributed by atoms with van der Waals surface area (Å²) in [7, 11) is -3.87. The molecule has 2 heterocycles. The number of benzene rings is 1. The smallest absolute Gasteiger partial charge is 0.269 e. The fourth-order valence-corrected chi connectivity index (χ4v) is 3.50. The maximum Gasteiger partial charge on any atom is 0.269 e. The summed E-state index contributed by atoms with van der Waals surface area (Å²) in [6.07, 6.45) is 1.46. The summed E-state index contributed by atoms with van der Waals surface area (Å²) >= 11 is 0. The predicted molar refractivity (Wildman–Crippen MR) is 78.7 cm³/mol. The van der Waals surface area contributed by atoms with Crippen molar-refractivity contribution in [3.8, 4) is 11.1 Å². The number of rotatable bonds is 4. The number of nitrogens with one attached hydrogen (secondary N) is 1. The maximum atomic E-state index is 12.5. The zero-order valence-corrected chi connectivity index (χ0v) is 12.7. The molecular formula is C14H13N3O4S. The molecular weight excluding hydrogens is 306 g/mol. The Bertz CT molecular complexity index is 878. The zero-order chi connectivity index (χ0) is 15.7. The lowest BCUT2D eigenvalue weighted by Gasteiger charge is -2.06. The van der Waals surface area contributed by atoms with Gasteiger partial charge in [0.05, 0.1) is 11.8 Å². The van der Waals surface area contributed by atoms with E-state index in [2.05, 4.69) is 15.0 Å². The van der Waals surface area contributed by atoms with Crippen molar-refractivity contribution in [2.24, 2.45) is 0 Å². The van der Waals surface area contributed by atoms with Crippen LogP contribution in [0.5, 0.6) is 0 Å². The third-order valence-electron chi connectivity index (χ3n) is 3.12. The summed E-state index contributed by atoms with van der Waals surface area (Å²) in [5.74, 6) is 0.261. The molecule has 2 aromatic heterocycles. The van der Waals surface area contributed by atoms with Crippen molar-refractivity contribution >= 4 is 15.9 Å². The van der Waals surface area contributed by atoms with Crippen LogP contribution >= 0.6 is 0 Å².